The number of hydrogen-bond donors (Lipinski definition) is 2. The van der Waals surface area contributed by atoms with Crippen LogP contribution in [0.1, 0.15) is 51.0 Å². The Hall–Kier alpha value is -2.04. The summed E-state index contributed by atoms with van der Waals surface area (Å²) in [5, 5.41) is 16.8. The van der Waals surface area contributed by atoms with E-state index in [1.807, 2.05) is 0 Å². The van der Waals surface area contributed by atoms with Crippen molar-refractivity contribution in [3.8, 4) is 0 Å². The molecule has 1 amide bonds. The van der Waals surface area contributed by atoms with Crippen LogP contribution in [0.15, 0.2) is 35.4 Å². The van der Waals surface area contributed by atoms with Gasteiger partial charge in [0.15, 0.2) is 15.7 Å². The summed E-state index contributed by atoms with van der Waals surface area (Å²) in [5.74, 6) is -4.14. The van der Waals surface area contributed by atoms with Crippen molar-refractivity contribution in [3.05, 3.63) is 41.0 Å². The Morgan fingerprint density at radius 2 is 2.09 bits per heavy atom. The van der Waals surface area contributed by atoms with Crippen LogP contribution in [-0.4, -0.2) is 47.0 Å². The minimum atomic E-state index is -3.56. The van der Waals surface area contributed by atoms with Gasteiger partial charge in [0.25, 0.3) is 0 Å². The largest absolute Gasteiger partial charge is 0.389 e. The van der Waals surface area contributed by atoms with Crippen LogP contribution in [-0.2, 0) is 21.2 Å². The van der Waals surface area contributed by atoms with Gasteiger partial charge in [-0.2, -0.15) is 5.10 Å². The molecule has 0 bridgehead atoms. The molecule has 2 aromatic rings. The fourth-order valence-corrected chi connectivity index (χ4v) is 5.47. The van der Waals surface area contributed by atoms with Gasteiger partial charge in [-0.1, -0.05) is 17.7 Å². The molecule has 1 aliphatic rings. The van der Waals surface area contributed by atoms with Crippen LogP contribution >= 0.6 is 11.6 Å². The first-order valence-corrected chi connectivity index (χ1v) is 12.8. The minimum Gasteiger partial charge on any atom is -0.389 e. The minimum absolute atomic E-state index is 0.0287. The Morgan fingerprint density at radius 3 is 2.64 bits per heavy atom. The molecule has 1 fully saturated rings. The van der Waals surface area contributed by atoms with Crippen LogP contribution in [0.4, 0.5) is 14.6 Å². The number of sulfone groups is 1. The monoisotopic (exact) mass is 503 g/mol. The zero-order valence-electron chi connectivity index (χ0n) is 18.7. The highest BCUT2D eigenvalue weighted by molar-refractivity contribution is 7.90. The first-order valence-electron chi connectivity index (χ1n) is 10.6. The zero-order chi connectivity index (χ0) is 24.6. The quantitative estimate of drug-likeness (QED) is 0.560. The van der Waals surface area contributed by atoms with Gasteiger partial charge in [0.2, 0.25) is 11.8 Å². The second-order valence-corrected chi connectivity index (χ2v) is 11.8. The smallest absolute Gasteiger partial charge is 0.248 e. The maximum Gasteiger partial charge on any atom is 0.248 e. The summed E-state index contributed by atoms with van der Waals surface area (Å²) >= 11 is 6.18. The van der Waals surface area contributed by atoms with Gasteiger partial charge in [0.05, 0.1) is 28.0 Å². The van der Waals surface area contributed by atoms with Gasteiger partial charge >= 0.3 is 0 Å². The number of hydrogen-bond acceptors (Lipinski definition) is 5. The van der Waals surface area contributed by atoms with Crippen molar-refractivity contribution in [1.82, 2.24) is 9.78 Å². The number of aromatic nitrogens is 2. The van der Waals surface area contributed by atoms with Gasteiger partial charge < -0.3 is 10.4 Å². The molecular weight excluding hydrogens is 476 g/mol. The van der Waals surface area contributed by atoms with Gasteiger partial charge in [0, 0.05) is 31.4 Å². The Bertz CT molecular complexity index is 1130. The maximum absolute atomic E-state index is 13.8. The molecule has 7 nitrogen and oxygen atoms in total. The number of benzene rings is 1. The summed E-state index contributed by atoms with van der Waals surface area (Å²) in [7, 11) is -3.56. The van der Waals surface area contributed by atoms with Crippen LogP contribution in [0.2, 0.25) is 5.02 Å². The summed E-state index contributed by atoms with van der Waals surface area (Å²) < 4.78 is 52.8. The number of amides is 1. The summed E-state index contributed by atoms with van der Waals surface area (Å²) in [6, 6.07) is 5.80. The number of nitrogens with one attached hydrogen (secondary N) is 1. The molecule has 1 aromatic carbocycles. The molecular formula is C22H28ClF2N3O4S. The van der Waals surface area contributed by atoms with Gasteiger partial charge in [-0.25, -0.2) is 17.2 Å². The number of carbonyl (C=O) groups excluding carboxylic acids is 1. The van der Waals surface area contributed by atoms with E-state index >= 15 is 0 Å². The lowest BCUT2D eigenvalue weighted by atomic mass is 9.87. The number of alkyl halides is 2. The van der Waals surface area contributed by atoms with E-state index in [4.69, 9.17) is 11.6 Å². The predicted octanol–water partition coefficient (Wildman–Crippen LogP) is 4.26. The highest BCUT2D eigenvalue weighted by atomic mass is 35.5. The lowest BCUT2D eigenvalue weighted by Gasteiger charge is -2.21. The van der Waals surface area contributed by atoms with E-state index in [0.717, 1.165) is 6.26 Å². The van der Waals surface area contributed by atoms with Crippen molar-refractivity contribution in [1.29, 1.82) is 0 Å². The molecule has 0 aliphatic heterocycles. The van der Waals surface area contributed by atoms with Crippen molar-refractivity contribution in [2.75, 3.05) is 11.6 Å². The number of carbonyl (C=O) groups is 1. The molecule has 11 heteroatoms. The van der Waals surface area contributed by atoms with E-state index in [1.165, 1.54) is 22.9 Å². The second-order valence-electron chi connectivity index (χ2n) is 9.42. The van der Waals surface area contributed by atoms with E-state index in [-0.39, 0.29) is 47.5 Å². The first kappa shape index (κ1) is 25.6. The Balaban J connectivity index is 1.86. The molecule has 1 aromatic heterocycles. The molecule has 0 spiro atoms. The third-order valence-electron chi connectivity index (χ3n) is 5.59. The summed E-state index contributed by atoms with van der Waals surface area (Å²) in [6.45, 7) is 3.47. The number of aliphatic hydroxyl groups is 1. The van der Waals surface area contributed by atoms with Gasteiger partial charge in [-0.3, -0.25) is 9.48 Å². The normalized spacial score (nSPS) is 19.4. The summed E-state index contributed by atoms with van der Waals surface area (Å²) in [5.41, 5.74) is -0.558. The standard InChI is InChI=1S/C22H28ClF2N3O4S/c1-21(2,30)13-28-9-7-19(27-28)26-20(29)16(10-14-6-8-22(24,25)12-14)15-4-5-18(17(23)11-15)33(3,31)32/h4-5,7,9,11,14,16,30H,6,8,10,12-13H2,1-3H3,(H,26,27,29). The molecule has 182 valence electrons. The number of nitrogens with zero attached hydrogens (tertiary/aromatic N) is 2. The number of halogens is 3. The highest BCUT2D eigenvalue weighted by Crippen LogP contribution is 2.43. The molecule has 1 aliphatic carbocycles. The number of anilines is 1. The number of rotatable bonds is 8. The first-order chi connectivity index (χ1) is 15.1. The Kier molecular flexibility index (Phi) is 7.21. The van der Waals surface area contributed by atoms with E-state index < -0.39 is 33.2 Å². The van der Waals surface area contributed by atoms with Gasteiger partial charge in [-0.05, 0) is 50.3 Å². The molecule has 1 heterocycles. The molecule has 2 N–H and O–H groups in total. The van der Waals surface area contributed by atoms with Crippen molar-refractivity contribution in [3.63, 3.8) is 0 Å². The topological polar surface area (TPSA) is 101 Å². The van der Waals surface area contributed by atoms with Crippen molar-refractivity contribution in [2.45, 2.75) is 68.4 Å². The molecule has 1 saturated carbocycles. The lowest BCUT2D eigenvalue weighted by molar-refractivity contribution is -0.118. The fraction of sp³-hybridized carbons (Fsp3) is 0.545. The van der Waals surface area contributed by atoms with E-state index in [2.05, 4.69) is 10.4 Å². The highest BCUT2D eigenvalue weighted by Gasteiger charge is 2.41. The predicted molar refractivity (Wildman–Crippen MR) is 121 cm³/mol. The molecule has 0 saturated heterocycles. The van der Waals surface area contributed by atoms with Crippen LogP contribution in [0.3, 0.4) is 0 Å². The van der Waals surface area contributed by atoms with Crippen LogP contribution < -0.4 is 5.32 Å². The molecule has 2 atom stereocenters. The van der Waals surface area contributed by atoms with Crippen molar-refractivity contribution < 1.29 is 27.1 Å². The lowest BCUT2D eigenvalue weighted by Crippen LogP contribution is -2.27. The van der Waals surface area contributed by atoms with E-state index in [9.17, 15) is 27.1 Å². The van der Waals surface area contributed by atoms with E-state index in [0.29, 0.717) is 12.0 Å². The van der Waals surface area contributed by atoms with Crippen molar-refractivity contribution >= 4 is 33.2 Å². The van der Waals surface area contributed by atoms with Crippen LogP contribution in [0, 0.1) is 5.92 Å². The average Bonchev–Trinajstić information content (AvgIpc) is 3.22. The van der Waals surface area contributed by atoms with Crippen LogP contribution in [0.5, 0.6) is 0 Å². The fourth-order valence-electron chi connectivity index (χ4n) is 4.13. The van der Waals surface area contributed by atoms with Gasteiger partial charge in [-0.15, -0.1) is 0 Å². The third-order valence-corrected chi connectivity index (χ3v) is 7.17. The maximum atomic E-state index is 13.8. The molecule has 33 heavy (non-hydrogen) atoms. The third kappa shape index (κ3) is 6.97. The molecule has 0 radical (unpaired) electrons. The summed E-state index contributed by atoms with van der Waals surface area (Å²) in [4.78, 5) is 13.1. The molecule has 2 unspecified atom stereocenters. The Labute approximate surface area is 197 Å². The zero-order valence-corrected chi connectivity index (χ0v) is 20.3. The molecule has 3 rings (SSSR count). The van der Waals surface area contributed by atoms with Gasteiger partial charge in [0.1, 0.15) is 0 Å². The van der Waals surface area contributed by atoms with Crippen molar-refractivity contribution in [2.24, 2.45) is 5.92 Å². The van der Waals surface area contributed by atoms with E-state index in [1.54, 1.807) is 26.1 Å². The average molecular weight is 504 g/mol. The SMILES string of the molecule is CC(C)(O)Cn1ccc(NC(=O)C(CC2CCC(F)(F)C2)c2ccc(S(C)(=O)=O)c(Cl)c2)n1. The summed E-state index contributed by atoms with van der Waals surface area (Å²) in [6.07, 6.45) is 2.58. The van der Waals surface area contributed by atoms with Crippen LogP contribution in [0.25, 0.3) is 0 Å². The Morgan fingerprint density at radius 1 is 1.39 bits per heavy atom. The second kappa shape index (κ2) is 9.31.